The Hall–Kier alpha value is -3.43. The lowest BCUT2D eigenvalue weighted by Crippen LogP contribution is -2.43. The van der Waals surface area contributed by atoms with E-state index in [2.05, 4.69) is 15.2 Å². The number of rotatable bonds is 4. The molecule has 0 unspecified atom stereocenters. The summed E-state index contributed by atoms with van der Waals surface area (Å²) >= 11 is 6.07. The van der Waals surface area contributed by atoms with E-state index in [1.54, 1.807) is 35.5 Å². The van der Waals surface area contributed by atoms with Crippen LogP contribution < -0.4 is 4.90 Å². The van der Waals surface area contributed by atoms with Crippen LogP contribution in [0.25, 0.3) is 16.8 Å². The van der Waals surface area contributed by atoms with E-state index in [-0.39, 0.29) is 18.6 Å². The number of oxazole rings is 1. The highest BCUT2D eigenvalue weighted by molar-refractivity contribution is 6.31. The Labute approximate surface area is 195 Å². The van der Waals surface area contributed by atoms with Crippen molar-refractivity contribution in [2.45, 2.75) is 19.4 Å². The Kier molecular flexibility index (Phi) is 5.74. The first-order valence-corrected chi connectivity index (χ1v) is 11.1. The maximum Gasteiger partial charge on any atom is 0.298 e. The Morgan fingerprint density at radius 2 is 1.97 bits per heavy atom. The molecule has 1 aliphatic rings. The van der Waals surface area contributed by atoms with Crippen LogP contribution in [0.5, 0.6) is 0 Å². The normalized spacial score (nSPS) is 16.9. The van der Waals surface area contributed by atoms with Crippen molar-refractivity contribution in [1.29, 1.82) is 0 Å². The molecule has 0 spiro atoms. The molecule has 0 saturated carbocycles. The molecule has 33 heavy (non-hydrogen) atoms. The number of aliphatic hydroxyl groups is 1. The standard InChI is InChI=1S/C23H23ClN6O3/c1-15-2-4-20(30-25-7-8-26-30)18(12-15)22(32)29-11-10-28(9-6-17(29)14-31)23-27-19-13-16(24)3-5-21(19)33-23/h2-5,7-8,12-13,17,31H,6,9-11,14H2,1H3/t17-/m0/s1. The van der Waals surface area contributed by atoms with E-state index in [9.17, 15) is 9.90 Å². The largest absolute Gasteiger partial charge is 0.423 e. The quantitative estimate of drug-likeness (QED) is 0.493. The van der Waals surface area contributed by atoms with Crippen LogP contribution >= 0.6 is 11.6 Å². The highest BCUT2D eigenvalue weighted by atomic mass is 35.5. The van der Waals surface area contributed by atoms with Gasteiger partial charge in [-0.2, -0.15) is 20.0 Å². The fraction of sp³-hybridized carbons (Fsp3) is 0.304. The first-order chi connectivity index (χ1) is 16.0. The van der Waals surface area contributed by atoms with Gasteiger partial charge in [0, 0.05) is 24.7 Å². The summed E-state index contributed by atoms with van der Waals surface area (Å²) in [5.41, 5.74) is 3.39. The zero-order chi connectivity index (χ0) is 22.9. The number of fused-ring (bicyclic) bond motifs is 1. The molecule has 2 aromatic carbocycles. The average Bonchev–Trinajstić information content (AvgIpc) is 3.44. The van der Waals surface area contributed by atoms with Gasteiger partial charge in [0.05, 0.1) is 36.3 Å². The highest BCUT2D eigenvalue weighted by Crippen LogP contribution is 2.27. The van der Waals surface area contributed by atoms with Gasteiger partial charge in [0.15, 0.2) is 5.58 Å². The van der Waals surface area contributed by atoms with Gasteiger partial charge < -0.3 is 19.3 Å². The summed E-state index contributed by atoms with van der Waals surface area (Å²) in [5, 5.41) is 19.1. The lowest BCUT2D eigenvalue weighted by molar-refractivity contribution is 0.0609. The second kappa shape index (κ2) is 8.84. The molecule has 0 radical (unpaired) electrons. The maximum atomic E-state index is 13.7. The highest BCUT2D eigenvalue weighted by Gasteiger charge is 2.31. The van der Waals surface area contributed by atoms with Crippen LogP contribution in [0.4, 0.5) is 6.01 Å². The van der Waals surface area contributed by atoms with Gasteiger partial charge in [-0.25, -0.2) is 0 Å². The van der Waals surface area contributed by atoms with Crippen molar-refractivity contribution in [1.82, 2.24) is 24.9 Å². The molecular formula is C23H23ClN6O3. The molecule has 4 aromatic rings. The van der Waals surface area contributed by atoms with Gasteiger partial charge in [-0.1, -0.05) is 23.2 Å². The van der Waals surface area contributed by atoms with Gasteiger partial charge in [-0.05, 0) is 43.7 Å². The van der Waals surface area contributed by atoms with Crippen molar-refractivity contribution in [3.8, 4) is 5.69 Å². The Morgan fingerprint density at radius 3 is 2.76 bits per heavy atom. The number of nitrogens with zero attached hydrogens (tertiary/aromatic N) is 6. The first-order valence-electron chi connectivity index (χ1n) is 10.7. The summed E-state index contributed by atoms with van der Waals surface area (Å²) in [5.74, 6) is -0.170. The molecule has 1 aliphatic heterocycles. The monoisotopic (exact) mass is 466 g/mol. The number of hydrogen-bond acceptors (Lipinski definition) is 7. The number of carbonyl (C=O) groups is 1. The zero-order valence-electron chi connectivity index (χ0n) is 18.1. The number of carbonyl (C=O) groups excluding carboxylic acids is 1. The fourth-order valence-electron chi connectivity index (χ4n) is 4.15. The third-order valence-corrected chi connectivity index (χ3v) is 6.12. The SMILES string of the molecule is Cc1ccc(-n2nccn2)c(C(=O)N2CCN(c3nc4cc(Cl)ccc4o3)CC[C@H]2CO)c1. The minimum atomic E-state index is -0.333. The molecule has 170 valence electrons. The van der Waals surface area contributed by atoms with Crippen LogP contribution in [0.3, 0.4) is 0 Å². The summed E-state index contributed by atoms with van der Waals surface area (Å²) in [6.45, 7) is 3.32. The number of anilines is 1. The second-order valence-electron chi connectivity index (χ2n) is 8.06. The smallest absolute Gasteiger partial charge is 0.298 e. The topological polar surface area (TPSA) is 101 Å². The van der Waals surface area contributed by atoms with Gasteiger partial charge in [0.2, 0.25) is 0 Å². The maximum absolute atomic E-state index is 13.7. The van der Waals surface area contributed by atoms with E-state index in [0.717, 1.165) is 5.56 Å². The summed E-state index contributed by atoms with van der Waals surface area (Å²) in [6, 6.07) is 11.1. The summed E-state index contributed by atoms with van der Waals surface area (Å²) in [4.78, 5) is 23.4. The minimum absolute atomic E-state index is 0.135. The van der Waals surface area contributed by atoms with Crippen LogP contribution in [0.2, 0.25) is 5.02 Å². The second-order valence-corrected chi connectivity index (χ2v) is 8.49. The van der Waals surface area contributed by atoms with E-state index < -0.39 is 0 Å². The van der Waals surface area contributed by atoms with Gasteiger partial charge >= 0.3 is 0 Å². The van der Waals surface area contributed by atoms with Crippen LogP contribution in [-0.2, 0) is 0 Å². The number of benzene rings is 2. The fourth-order valence-corrected chi connectivity index (χ4v) is 4.31. The van der Waals surface area contributed by atoms with Crippen molar-refractivity contribution >= 4 is 34.6 Å². The number of amides is 1. The Balaban J connectivity index is 1.43. The summed E-state index contributed by atoms with van der Waals surface area (Å²) in [7, 11) is 0. The molecule has 1 amide bonds. The van der Waals surface area contributed by atoms with Gasteiger partial charge in [-0.3, -0.25) is 4.79 Å². The van der Waals surface area contributed by atoms with Crippen molar-refractivity contribution in [2.75, 3.05) is 31.1 Å². The van der Waals surface area contributed by atoms with Crippen molar-refractivity contribution < 1.29 is 14.3 Å². The van der Waals surface area contributed by atoms with Crippen molar-refractivity contribution in [3.05, 3.63) is 64.9 Å². The molecule has 5 rings (SSSR count). The number of aromatic nitrogens is 4. The molecule has 1 fully saturated rings. The zero-order valence-corrected chi connectivity index (χ0v) is 18.8. The molecule has 1 N–H and O–H groups in total. The molecule has 1 atom stereocenters. The third-order valence-electron chi connectivity index (χ3n) is 5.88. The summed E-state index contributed by atoms with van der Waals surface area (Å²) < 4.78 is 5.92. The number of hydrogen-bond donors (Lipinski definition) is 1. The van der Waals surface area contributed by atoms with E-state index >= 15 is 0 Å². The van der Waals surface area contributed by atoms with Crippen molar-refractivity contribution in [3.63, 3.8) is 0 Å². The molecule has 10 heteroatoms. The number of aliphatic hydroxyl groups excluding tert-OH is 1. The van der Waals surface area contributed by atoms with E-state index in [1.165, 1.54) is 4.80 Å². The first kappa shape index (κ1) is 21.4. The van der Waals surface area contributed by atoms with E-state index in [4.69, 9.17) is 16.0 Å². The van der Waals surface area contributed by atoms with Crippen molar-refractivity contribution in [2.24, 2.45) is 0 Å². The van der Waals surface area contributed by atoms with Crippen LogP contribution in [-0.4, -0.2) is 68.2 Å². The number of aryl methyl sites for hydroxylation is 1. The van der Waals surface area contributed by atoms with Crippen LogP contribution in [0.1, 0.15) is 22.3 Å². The van der Waals surface area contributed by atoms with E-state index in [1.807, 2.05) is 30.0 Å². The Bertz CT molecular complexity index is 1290. The number of halogens is 1. The molecular weight excluding hydrogens is 444 g/mol. The van der Waals surface area contributed by atoms with Gasteiger partial charge in [0.25, 0.3) is 11.9 Å². The van der Waals surface area contributed by atoms with E-state index in [0.29, 0.717) is 59.4 Å². The molecule has 9 nitrogen and oxygen atoms in total. The predicted octanol–water partition coefficient (Wildman–Crippen LogP) is 3.08. The lowest BCUT2D eigenvalue weighted by atomic mass is 10.1. The molecule has 2 aromatic heterocycles. The lowest BCUT2D eigenvalue weighted by Gasteiger charge is -2.29. The molecule has 0 bridgehead atoms. The van der Waals surface area contributed by atoms with Gasteiger partial charge in [0.1, 0.15) is 5.52 Å². The molecule has 1 saturated heterocycles. The van der Waals surface area contributed by atoms with Gasteiger partial charge in [-0.15, -0.1) is 0 Å². The predicted molar refractivity (Wildman–Crippen MR) is 124 cm³/mol. The molecule has 3 heterocycles. The molecule has 0 aliphatic carbocycles. The average molecular weight is 467 g/mol. The van der Waals surface area contributed by atoms with Crippen LogP contribution in [0.15, 0.2) is 53.2 Å². The van der Waals surface area contributed by atoms with Crippen LogP contribution in [0, 0.1) is 6.92 Å². The minimum Gasteiger partial charge on any atom is -0.423 e. The summed E-state index contributed by atoms with van der Waals surface area (Å²) in [6.07, 6.45) is 3.72. The third kappa shape index (κ3) is 4.17. The Morgan fingerprint density at radius 1 is 1.15 bits per heavy atom.